The predicted molar refractivity (Wildman–Crippen MR) is 115 cm³/mol. The maximum Gasteiger partial charge on any atom is 0.389 e. The summed E-state index contributed by atoms with van der Waals surface area (Å²) < 4.78 is 44.2. The molecule has 0 spiro atoms. The summed E-state index contributed by atoms with van der Waals surface area (Å²) in [5.74, 6) is -0.287. The predicted octanol–water partition coefficient (Wildman–Crippen LogP) is 5.57. The third kappa shape index (κ3) is 5.80. The van der Waals surface area contributed by atoms with Gasteiger partial charge in [0.25, 0.3) is 0 Å². The van der Waals surface area contributed by atoms with Gasteiger partial charge in [0, 0.05) is 31.8 Å². The van der Waals surface area contributed by atoms with Crippen molar-refractivity contribution in [3.63, 3.8) is 0 Å². The van der Waals surface area contributed by atoms with Crippen molar-refractivity contribution < 1.29 is 17.9 Å². The van der Waals surface area contributed by atoms with E-state index in [1.54, 1.807) is 30.4 Å². The van der Waals surface area contributed by atoms with Gasteiger partial charge >= 0.3 is 6.18 Å². The van der Waals surface area contributed by atoms with Crippen LogP contribution in [-0.2, 0) is 4.74 Å². The van der Waals surface area contributed by atoms with Gasteiger partial charge in [0.2, 0.25) is 0 Å². The van der Waals surface area contributed by atoms with Crippen molar-refractivity contribution in [3.05, 3.63) is 70.5 Å². The van der Waals surface area contributed by atoms with Crippen LogP contribution in [0, 0.1) is 34.0 Å². The lowest BCUT2D eigenvalue weighted by Gasteiger charge is -2.27. The molecule has 0 fully saturated rings. The maximum atomic E-state index is 12.9. The van der Waals surface area contributed by atoms with Gasteiger partial charge in [-0.2, -0.15) is 29.0 Å². The van der Waals surface area contributed by atoms with Gasteiger partial charge < -0.3 is 9.64 Å². The average Bonchev–Trinajstić information content (AvgIpc) is 3.02. The van der Waals surface area contributed by atoms with Crippen LogP contribution in [0.5, 0.6) is 0 Å². The SMILES string of the molecule is CN(C)c1ccc(/C=C/C=C/C2=C(C#N)C(=C(C#N)C#N)OC2(C)CCC(F)(F)F)cc1. The second kappa shape index (κ2) is 9.90. The van der Waals surface area contributed by atoms with E-state index in [1.165, 1.54) is 13.0 Å². The Balaban J connectivity index is 2.40. The Morgan fingerprint density at radius 2 is 1.66 bits per heavy atom. The molecule has 1 heterocycles. The second-order valence-electron chi connectivity index (χ2n) is 7.48. The molecular formula is C24H21F3N4O. The van der Waals surface area contributed by atoms with Crippen molar-refractivity contribution >= 4 is 11.8 Å². The number of rotatable bonds is 6. The molecule has 1 aromatic carbocycles. The first-order valence-electron chi connectivity index (χ1n) is 9.62. The normalized spacial score (nSPS) is 18.4. The third-order valence-electron chi connectivity index (χ3n) is 4.91. The molecule has 0 N–H and O–H groups in total. The second-order valence-corrected chi connectivity index (χ2v) is 7.48. The molecule has 1 atom stereocenters. The van der Waals surface area contributed by atoms with Gasteiger partial charge in [-0.15, -0.1) is 0 Å². The molecule has 0 radical (unpaired) electrons. The number of hydrogen-bond donors (Lipinski definition) is 0. The molecule has 32 heavy (non-hydrogen) atoms. The number of nitriles is 3. The van der Waals surface area contributed by atoms with E-state index in [4.69, 9.17) is 15.3 Å². The quantitative estimate of drug-likeness (QED) is 0.428. The van der Waals surface area contributed by atoms with Crippen LogP contribution in [0.3, 0.4) is 0 Å². The van der Waals surface area contributed by atoms with Crippen molar-refractivity contribution in [2.24, 2.45) is 0 Å². The number of anilines is 1. The van der Waals surface area contributed by atoms with E-state index in [0.717, 1.165) is 11.3 Å². The number of hydrogen-bond acceptors (Lipinski definition) is 5. The molecule has 1 unspecified atom stereocenters. The molecule has 0 amide bonds. The van der Waals surface area contributed by atoms with Gasteiger partial charge in [0.15, 0.2) is 11.3 Å². The molecule has 0 aromatic heterocycles. The van der Waals surface area contributed by atoms with Crippen LogP contribution in [0.15, 0.2) is 65.0 Å². The summed E-state index contributed by atoms with van der Waals surface area (Å²) in [7, 11) is 3.86. The van der Waals surface area contributed by atoms with Crippen molar-refractivity contribution in [2.45, 2.75) is 31.5 Å². The minimum Gasteiger partial charge on any atom is -0.479 e. The Morgan fingerprint density at radius 1 is 1.06 bits per heavy atom. The summed E-state index contributed by atoms with van der Waals surface area (Å²) in [5, 5.41) is 27.9. The zero-order valence-corrected chi connectivity index (χ0v) is 17.9. The van der Waals surface area contributed by atoms with E-state index >= 15 is 0 Å². The summed E-state index contributed by atoms with van der Waals surface area (Å²) in [6.07, 6.45) is 0.528. The Kier molecular flexibility index (Phi) is 7.52. The van der Waals surface area contributed by atoms with Gasteiger partial charge in [-0.3, -0.25) is 0 Å². The van der Waals surface area contributed by atoms with Crippen LogP contribution >= 0.6 is 0 Å². The van der Waals surface area contributed by atoms with E-state index in [-0.39, 0.29) is 16.9 Å². The molecule has 0 aliphatic carbocycles. The zero-order chi connectivity index (χ0) is 23.9. The molecular weight excluding hydrogens is 417 g/mol. The van der Waals surface area contributed by atoms with Gasteiger partial charge in [-0.05, 0) is 31.0 Å². The van der Waals surface area contributed by atoms with Gasteiger partial charge in [0.1, 0.15) is 29.4 Å². The first-order chi connectivity index (χ1) is 15.0. The molecule has 1 aliphatic heterocycles. The molecule has 5 nitrogen and oxygen atoms in total. The number of nitrogens with zero attached hydrogens (tertiary/aromatic N) is 4. The first-order valence-corrected chi connectivity index (χ1v) is 9.62. The molecule has 0 saturated heterocycles. The highest BCUT2D eigenvalue weighted by molar-refractivity contribution is 5.61. The van der Waals surface area contributed by atoms with Crippen LogP contribution in [0.1, 0.15) is 25.3 Å². The van der Waals surface area contributed by atoms with Gasteiger partial charge in [-0.25, -0.2) is 0 Å². The van der Waals surface area contributed by atoms with Crippen molar-refractivity contribution in [1.82, 2.24) is 0 Å². The van der Waals surface area contributed by atoms with E-state index < -0.39 is 30.2 Å². The fourth-order valence-corrected chi connectivity index (χ4v) is 3.16. The Morgan fingerprint density at radius 3 is 2.16 bits per heavy atom. The number of ether oxygens (including phenoxy) is 1. The zero-order valence-electron chi connectivity index (χ0n) is 17.9. The Bertz CT molecular complexity index is 1090. The third-order valence-corrected chi connectivity index (χ3v) is 4.91. The number of benzene rings is 1. The highest BCUT2D eigenvalue weighted by atomic mass is 19.4. The average molecular weight is 438 g/mol. The topological polar surface area (TPSA) is 83.8 Å². The minimum absolute atomic E-state index is 0.118. The summed E-state index contributed by atoms with van der Waals surface area (Å²) in [6.45, 7) is 1.42. The van der Waals surface area contributed by atoms with E-state index in [0.29, 0.717) is 0 Å². The van der Waals surface area contributed by atoms with Crippen LogP contribution in [0.2, 0.25) is 0 Å². The Labute approximate surface area is 185 Å². The lowest BCUT2D eigenvalue weighted by molar-refractivity contribution is -0.143. The van der Waals surface area contributed by atoms with Crippen LogP contribution in [0.25, 0.3) is 6.08 Å². The van der Waals surface area contributed by atoms with E-state index in [2.05, 4.69) is 0 Å². The number of alkyl halides is 3. The lowest BCUT2D eigenvalue weighted by atomic mass is 9.88. The number of halogens is 3. The van der Waals surface area contributed by atoms with Crippen LogP contribution < -0.4 is 4.90 Å². The number of allylic oxidation sites excluding steroid dienone is 4. The molecule has 0 saturated carbocycles. The maximum absolute atomic E-state index is 12.9. The van der Waals surface area contributed by atoms with E-state index in [1.807, 2.05) is 49.3 Å². The molecule has 1 aromatic rings. The summed E-state index contributed by atoms with van der Waals surface area (Å²) in [4.78, 5) is 1.97. The molecule has 164 valence electrons. The molecule has 8 heteroatoms. The highest BCUT2D eigenvalue weighted by Crippen LogP contribution is 2.44. The van der Waals surface area contributed by atoms with Gasteiger partial charge in [-0.1, -0.05) is 36.4 Å². The molecule has 0 bridgehead atoms. The smallest absolute Gasteiger partial charge is 0.389 e. The van der Waals surface area contributed by atoms with Crippen molar-refractivity contribution in [3.8, 4) is 18.2 Å². The summed E-state index contributed by atoms with van der Waals surface area (Å²) >= 11 is 0. The van der Waals surface area contributed by atoms with E-state index in [9.17, 15) is 18.4 Å². The van der Waals surface area contributed by atoms with Crippen molar-refractivity contribution in [2.75, 3.05) is 19.0 Å². The molecule has 2 rings (SSSR count). The van der Waals surface area contributed by atoms with Crippen LogP contribution in [0.4, 0.5) is 18.9 Å². The van der Waals surface area contributed by atoms with Crippen molar-refractivity contribution in [1.29, 1.82) is 15.8 Å². The minimum atomic E-state index is -4.42. The fraction of sp³-hybridized carbons (Fsp3) is 0.292. The largest absolute Gasteiger partial charge is 0.479 e. The monoisotopic (exact) mass is 438 g/mol. The Hall–Kier alpha value is -3.96. The first kappa shape index (κ1) is 24.3. The summed E-state index contributed by atoms with van der Waals surface area (Å²) in [6, 6.07) is 12.9. The fourth-order valence-electron chi connectivity index (χ4n) is 3.16. The molecule has 1 aliphatic rings. The standard InChI is InChI=1S/C24H21F3N4O/c1-23(12-13-24(25,26)27)21(20(16-30)22(32-23)18(14-28)15-29)7-5-4-6-17-8-10-19(11-9-17)31(2)3/h4-11H,12-13H2,1-3H3/b6-4+,7-5+. The van der Waals surface area contributed by atoms with Crippen LogP contribution in [-0.4, -0.2) is 25.9 Å². The highest BCUT2D eigenvalue weighted by Gasteiger charge is 2.44. The lowest BCUT2D eigenvalue weighted by Crippen LogP contribution is -2.28. The van der Waals surface area contributed by atoms with Gasteiger partial charge in [0.05, 0.1) is 0 Å². The summed E-state index contributed by atoms with van der Waals surface area (Å²) in [5.41, 5.74) is 0.0542.